The van der Waals surface area contributed by atoms with Gasteiger partial charge in [-0.2, -0.15) is 5.26 Å². The second-order valence-electron chi connectivity index (χ2n) is 38.0. The van der Waals surface area contributed by atoms with Crippen molar-refractivity contribution in [1.82, 2.24) is 9.13 Å². The first-order valence-corrected chi connectivity index (χ1v) is 38.6. The van der Waals surface area contributed by atoms with Gasteiger partial charge < -0.3 is 18.9 Å². The second-order valence-corrected chi connectivity index (χ2v) is 38.0. The maximum Gasteiger partial charge on any atom is 0.252 e. The topological polar surface area (TPSA) is 40.1 Å². The van der Waals surface area contributed by atoms with Crippen LogP contribution < -0.4 is 26.2 Å². The van der Waals surface area contributed by atoms with E-state index in [9.17, 15) is 5.26 Å². The van der Waals surface area contributed by atoms with E-state index < -0.39 is 0 Å². The van der Waals surface area contributed by atoms with Crippen molar-refractivity contribution in [3.8, 4) is 50.8 Å². The van der Waals surface area contributed by atoms with Crippen molar-refractivity contribution < 1.29 is 0 Å². The van der Waals surface area contributed by atoms with Gasteiger partial charge in [-0.15, -0.1) is 0 Å². The predicted molar refractivity (Wildman–Crippen MR) is 461 cm³/mol. The largest absolute Gasteiger partial charge is 0.311 e. The number of fused-ring (bicyclic) bond motifs is 10. The molecule has 14 aromatic rings. The fourth-order valence-electron chi connectivity index (χ4n) is 16.7. The van der Waals surface area contributed by atoms with Crippen LogP contribution in [0.5, 0.6) is 0 Å². The Morgan fingerprint density at radius 1 is 0.243 bits per heavy atom. The summed E-state index contributed by atoms with van der Waals surface area (Å²) in [6.07, 6.45) is 0. The minimum Gasteiger partial charge on any atom is -0.311 e. The average molecular weight is 1400 g/mol. The first kappa shape index (κ1) is 70.7. The lowest BCUT2D eigenvalue weighted by atomic mass is 9.33. The second kappa shape index (κ2) is 24.7. The molecule has 107 heavy (non-hydrogen) atoms. The zero-order valence-corrected chi connectivity index (χ0v) is 66.8. The van der Waals surface area contributed by atoms with Crippen molar-refractivity contribution in [1.29, 1.82) is 5.26 Å². The molecule has 534 valence electrons. The van der Waals surface area contributed by atoms with Crippen molar-refractivity contribution in [3.63, 3.8) is 0 Å². The van der Waals surface area contributed by atoms with Gasteiger partial charge >= 0.3 is 0 Å². The van der Waals surface area contributed by atoms with Crippen LogP contribution in [0.3, 0.4) is 0 Å². The van der Waals surface area contributed by atoms with Crippen molar-refractivity contribution >= 4 is 101 Å². The summed E-state index contributed by atoms with van der Waals surface area (Å²) in [5.74, 6) is 0. The summed E-state index contributed by atoms with van der Waals surface area (Å²) in [5, 5.41) is 16.1. The fraction of sp³-hybridized carbons (Fsp3) is 0.277. The van der Waals surface area contributed by atoms with Crippen LogP contribution >= 0.6 is 0 Å². The van der Waals surface area contributed by atoms with E-state index in [2.05, 4.69) is 407 Å². The third-order valence-corrected chi connectivity index (χ3v) is 23.2. The maximum absolute atomic E-state index is 11.0. The third kappa shape index (κ3) is 12.4. The summed E-state index contributed by atoms with van der Waals surface area (Å²) in [6.45, 7) is 48.1. The number of nitrogens with zero attached hydrogens (tertiary/aromatic N) is 5. The smallest absolute Gasteiger partial charge is 0.252 e. The lowest BCUT2D eigenvalue weighted by Crippen LogP contribution is -2.61. The van der Waals surface area contributed by atoms with Crippen LogP contribution in [0.4, 0.5) is 34.1 Å². The normalized spacial score (nSPS) is 13.6. The van der Waals surface area contributed by atoms with Crippen molar-refractivity contribution in [2.24, 2.45) is 0 Å². The zero-order valence-electron chi connectivity index (χ0n) is 66.8. The van der Waals surface area contributed by atoms with Crippen LogP contribution in [-0.2, 0) is 37.9 Å². The molecule has 0 N–H and O–H groups in total. The standard InChI is InChI=1S/C101H102BN5/c1-95(2,3)69-30-22-63(23-31-69)65-26-38-76(39-27-65)104-90-59-78(106-86-46-34-71(97(7,8)9)55-80(86)81-56-72(98(10,11)12)35-47-87(81)106)42-44-84(90)102-85-45-43-79(107-88-48-36-73(99(13,14)15)57-82(88)83-58-74(100(16,17)18)37-49-89(83)107)60-91(85)105(77-40-28-66(29-41-77)64-24-32-70(33-25-64)96(4,5)6)93-54-68(53-92(104)94(93)102)67-50-62(61-103)51-75(52-67)101(19,20)21/h22-60H,1-21H3. The molecule has 5 nitrogen and oxygen atoms in total. The van der Waals surface area contributed by atoms with Gasteiger partial charge in [-0.1, -0.05) is 261 Å². The lowest BCUT2D eigenvalue weighted by molar-refractivity contribution is 0.590. The maximum atomic E-state index is 11.0. The Bertz CT molecular complexity index is 5490. The number of aromatic nitrogens is 2. The highest BCUT2D eigenvalue weighted by Crippen LogP contribution is 2.50. The predicted octanol–water partition coefficient (Wildman–Crippen LogP) is 25.9. The van der Waals surface area contributed by atoms with E-state index in [1.807, 2.05) is 0 Å². The van der Waals surface area contributed by atoms with E-state index in [-0.39, 0.29) is 44.6 Å². The highest BCUT2D eigenvalue weighted by molar-refractivity contribution is 7.00. The molecule has 4 heterocycles. The minimum atomic E-state index is -0.244. The molecule has 0 aliphatic carbocycles. The average Bonchev–Trinajstić information content (AvgIpc) is 1.27. The SMILES string of the molecule is CC(C)(C)c1ccc(-c2ccc(N3c4cc(-n5c6ccc(C(C)(C)C)cc6c6cc(C(C)(C)C)ccc65)ccc4B4c5ccc(-n6c7ccc(C(C)(C)C)cc7c7cc(C(C)(C)C)ccc76)cc5N(c5ccc(-c6ccc(C(C)(C)C)cc6)cc5)c5cc(-c6cc(C#N)cc(C(C)(C)C)c6)cc3c54)cc2)cc1. The number of anilines is 6. The number of hydrogen-bond acceptors (Lipinski definition) is 3. The van der Waals surface area contributed by atoms with Gasteiger partial charge in [0.1, 0.15) is 0 Å². The summed E-state index contributed by atoms with van der Waals surface area (Å²) in [6, 6.07) is 94.3. The number of rotatable bonds is 7. The molecule has 16 rings (SSSR count). The molecule has 0 saturated carbocycles. The third-order valence-electron chi connectivity index (χ3n) is 23.2. The quantitative estimate of drug-likeness (QED) is 0.149. The highest BCUT2D eigenvalue weighted by Gasteiger charge is 2.45. The first-order chi connectivity index (χ1) is 50.4. The monoisotopic (exact) mass is 1400 g/mol. The molecular weight excluding hydrogens is 1290 g/mol. The summed E-state index contributed by atoms with van der Waals surface area (Å²) < 4.78 is 5.05. The molecule has 0 radical (unpaired) electrons. The summed E-state index contributed by atoms with van der Waals surface area (Å²) in [5.41, 5.74) is 32.9. The van der Waals surface area contributed by atoms with Gasteiger partial charge in [0.25, 0.3) is 6.71 Å². The van der Waals surface area contributed by atoms with Crippen molar-refractivity contribution in [3.05, 3.63) is 281 Å². The van der Waals surface area contributed by atoms with Crippen LogP contribution in [-0.4, -0.2) is 15.8 Å². The molecule has 0 amide bonds. The molecule has 0 fully saturated rings. The van der Waals surface area contributed by atoms with Gasteiger partial charge in [0, 0.05) is 67.0 Å². The molecule has 0 atom stereocenters. The molecule has 2 aliphatic heterocycles. The summed E-state index contributed by atoms with van der Waals surface area (Å²) >= 11 is 0. The van der Waals surface area contributed by atoms with Crippen molar-refractivity contribution in [2.75, 3.05) is 9.80 Å². The van der Waals surface area contributed by atoms with Crippen LogP contribution in [0.25, 0.3) is 88.4 Å². The van der Waals surface area contributed by atoms with E-state index in [0.717, 1.165) is 73.3 Å². The van der Waals surface area contributed by atoms with Crippen LogP contribution in [0.2, 0.25) is 0 Å². The van der Waals surface area contributed by atoms with E-state index in [4.69, 9.17) is 0 Å². The highest BCUT2D eigenvalue weighted by atomic mass is 15.2. The van der Waals surface area contributed by atoms with Crippen molar-refractivity contribution in [2.45, 2.75) is 183 Å². The van der Waals surface area contributed by atoms with Gasteiger partial charge in [-0.05, 0) is 248 Å². The molecule has 2 aliphatic rings. The molecule has 6 heteroatoms. The molecule has 0 spiro atoms. The van der Waals surface area contributed by atoms with Gasteiger partial charge in [0.15, 0.2) is 0 Å². The number of benzene rings is 12. The Morgan fingerprint density at radius 3 is 0.822 bits per heavy atom. The Kier molecular flexibility index (Phi) is 16.3. The molecule has 12 aromatic carbocycles. The van der Waals surface area contributed by atoms with E-state index in [0.29, 0.717) is 5.56 Å². The molecule has 0 unspecified atom stereocenters. The van der Waals surface area contributed by atoms with Gasteiger partial charge in [0.05, 0.1) is 33.7 Å². The fourth-order valence-corrected chi connectivity index (χ4v) is 16.7. The van der Waals surface area contributed by atoms with Gasteiger partial charge in [0.2, 0.25) is 0 Å². The van der Waals surface area contributed by atoms with Gasteiger partial charge in [-0.25, -0.2) is 0 Å². The number of hydrogen-bond donors (Lipinski definition) is 0. The molecule has 0 bridgehead atoms. The minimum absolute atomic E-state index is 0.0310. The van der Waals surface area contributed by atoms with Crippen LogP contribution in [0.15, 0.2) is 237 Å². The molecule has 2 aromatic heterocycles. The Hall–Kier alpha value is -10.6. The Morgan fingerprint density at radius 2 is 0.523 bits per heavy atom. The van der Waals surface area contributed by atoms with Gasteiger partial charge in [-0.3, -0.25) is 0 Å². The lowest BCUT2D eigenvalue weighted by Gasteiger charge is -2.44. The Labute approximate surface area is 636 Å². The van der Waals surface area contributed by atoms with E-state index >= 15 is 0 Å². The first-order valence-electron chi connectivity index (χ1n) is 38.6. The van der Waals surface area contributed by atoms with E-state index in [1.165, 1.54) is 105 Å². The summed E-state index contributed by atoms with van der Waals surface area (Å²) in [4.78, 5) is 5.15. The van der Waals surface area contributed by atoms with Crippen LogP contribution in [0.1, 0.15) is 190 Å². The van der Waals surface area contributed by atoms with E-state index in [1.54, 1.807) is 0 Å². The number of nitriles is 1. The zero-order chi connectivity index (χ0) is 75.7. The Balaban J connectivity index is 1.01. The molecule has 0 saturated heterocycles. The summed E-state index contributed by atoms with van der Waals surface area (Å²) in [7, 11) is 0. The molecular formula is C101H102BN5. The van der Waals surface area contributed by atoms with Crippen LogP contribution in [0, 0.1) is 11.3 Å².